The van der Waals surface area contributed by atoms with Gasteiger partial charge in [0.2, 0.25) is 5.91 Å². The number of alkyl halides is 4. The summed E-state index contributed by atoms with van der Waals surface area (Å²) in [6.45, 7) is -6.25. The van der Waals surface area contributed by atoms with Gasteiger partial charge in [0.1, 0.15) is 5.75 Å². The SMILES string of the molecule is Cl.O=C(CC1CC2CCC(C1)N2)Nc1ccc(OC(F)F)cc1OC(F)F. The number of piperidine rings is 1. The number of rotatable bonds is 7. The Morgan fingerprint density at radius 3 is 2.33 bits per heavy atom. The van der Waals surface area contributed by atoms with Gasteiger partial charge in [-0.1, -0.05) is 0 Å². The fourth-order valence-corrected chi connectivity index (χ4v) is 3.78. The van der Waals surface area contributed by atoms with Gasteiger partial charge in [-0.05, 0) is 43.7 Å². The molecule has 0 aliphatic carbocycles. The number of halogens is 5. The van der Waals surface area contributed by atoms with Gasteiger partial charge in [0.25, 0.3) is 0 Å². The van der Waals surface area contributed by atoms with Gasteiger partial charge in [0.05, 0.1) is 5.69 Å². The molecule has 1 aromatic carbocycles. The van der Waals surface area contributed by atoms with Crippen LogP contribution in [-0.4, -0.2) is 31.2 Å². The third-order valence-corrected chi connectivity index (χ3v) is 4.71. The van der Waals surface area contributed by atoms with Crippen LogP contribution in [0.4, 0.5) is 23.2 Å². The Kier molecular flexibility index (Phi) is 7.55. The van der Waals surface area contributed by atoms with Gasteiger partial charge in [0.15, 0.2) is 5.75 Å². The summed E-state index contributed by atoms with van der Waals surface area (Å²) in [6.07, 6.45) is 4.32. The van der Waals surface area contributed by atoms with Crippen LogP contribution in [0.1, 0.15) is 32.1 Å². The highest BCUT2D eigenvalue weighted by molar-refractivity contribution is 5.92. The highest BCUT2D eigenvalue weighted by Crippen LogP contribution is 2.34. The summed E-state index contributed by atoms with van der Waals surface area (Å²) in [5.74, 6) is -0.840. The van der Waals surface area contributed by atoms with Gasteiger partial charge < -0.3 is 20.1 Å². The van der Waals surface area contributed by atoms with Crippen LogP contribution in [0.2, 0.25) is 0 Å². The van der Waals surface area contributed by atoms with Crippen LogP contribution in [0.15, 0.2) is 18.2 Å². The lowest BCUT2D eigenvalue weighted by Gasteiger charge is -2.28. The minimum Gasteiger partial charge on any atom is -0.435 e. The molecule has 10 heteroatoms. The Balaban J connectivity index is 0.00000261. The molecule has 5 nitrogen and oxygen atoms in total. The second-order valence-electron chi connectivity index (χ2n) is 6.64. The van der Waals surface area contributed by atoms with Crippen LogP contribution in [0.3, 0.4) is 0 Å². The molecule has 3 rings (SSSR count). The zero-order chi connectivity index (χ0) is 18.7. The van der Waals surface area contributed by atoms with Crippen LogP contribution in [0, 0.1) is 5.92 Å². The number of carbonyl (C=O) groups excluding carboxylic acids is 1. The number of carbonyl (C=O) groups is 1. The van der Waals surface area contributed by atoms with E-state index in [1.54, 1.807) is 0 Å². The number of anilines is 1. The van der Waals surface area contributed by atoms with Crippen LogP contribution in [0.5, 0.6) is 11.5 Å². The van der Waals surface area contributed by atoms with Gasteiger partial charge in [-0.3, -0.25) is 4.79 Å². The summed E-state index contributed by atoms with van der Waals surface area (Å²) in [5, 5.41) is 6.02. The minimum atomic E-state index is -3.16. The molecule has 2 N–H and O–H groups in total. The fourth-order valence-electron chi connectivity index (χ4n) is 3.78. The van der Waals surface area contributed by atoms with Gasteiger partial charge in [-0.25, -0.2) is 0 Å². The second kappa shape index (κ2) is 9.45. The number of benzene rings is 1. The Hall–Kier alpha value is -1.74. The molecular weight excluding hydrogens is 392 g/mol. The van der Waals surface area contributed by atoms with E-state index in [2.05, 4.69) is 20.1 Å². The summed E-state index contributed by atoms with van der Waals surface area (Å²) in [7, 11) is 0. The standard InChI is InChI=1S/C17H20F4N2O3.ClH/c18-16(19)25-12-3-4-13(14(8-12)26-17(20)21)23-15(24)7-9-5-10-1-2-11(6-9)22-10;/h3-4,8-11,16-17,22H,1-2,5-7H2,(H,23,24);1H. The van der Waals surface area contributed by atoms with E-state index in [-0.39, 0.29) is 42.1 Å². The highest BCUT2D eigenvalue weighted by Gasteiger charge is 2.34. The molecule has 2 heterocycles. The number of ether oxygens (including phenoxy) is 2. The molecule has 0 radical (unpaired) electrons. The first-order valence-electron chi connectivity index (χ1n) is 8.48. The largest absolute Gasteiger partial charge is 0.435 e. The number of hydrogen-bond donors (Lipinski definition) is 2. The van der Waals surface area contributed by atoms with E-state index in [0.717, 1.165) is 37.8 Å². The quantitative estimate of drug-likeness (QED) is 0.660. The van der Waals surface area contributed by atoms with Crippen molar-refractivity contribution in [3.05, 3.63) is 18.2 Å². The van der Waals surface area contributed by atoms with Crippen molar-refractivity contribution in [3.8, 4) is 11.5 Å². The van der Waals surface area contributed by atoms with Crippen molar-refractivity contribution in [3.63, 3.8) is 0 Å². The van der Waals surface area contributed by atoms with Gasteiger partial charge in [-0.15, -0.1) is 12.4 Å². The molecule has 2 aliphatic rings. The van der Waals surface area contributed by atoms with Crippen molar-refractivity contribution < 1.29 is 31.8 Å². The average Bonchev–Trinajstić information content (AvgIpc) is 2.87. The number of amides is 1. The van der Waals surface area contributed by atoms with E-state index in [4.69, 9.17) is 0 Å². The smallest absolute Gasteiger partial charge is 0.387 e. The van der Waals surface area contributed by atoms with Crippen LogP contribution in [-0.2, 0) is 4.79 Å². The maximum absolute atomic E-state index is 12.6. The van der Waals surface area contributed by atoms with E-state index in [1.807, 2.05) is 0 Å². The normalized spacial score (nSPS) is 23.9. The summed E-state index contributed by atoms with van der Waals surface area (Å²) in [4.78, 5) is 12.3. The summed E-state index contributed by atoms with van der Waals surface area (Å²) >= 11 is 0. The molecular formula is C17H21ClF4N2O3. The molecule has 2 saturated heterocycles. The zero-order valence-electron chi connectivity index (χ0n) is 14.3. The Morgan fingerprint density at radius 2 is 1.74 bits per heavy atom. The van der Waals surface area contributed by atoms with E-state index in [0.29, 0.717) is 12.1 Å². The molecule has 152 valence electrons. The molecule has 1 aromatic rings. The molecule has 2 bridgehead atoms. The molecule has 0 aromatic heterocycles. The minimum absolute atomic E-state index is 0. The Labute approximate surface area is 160 Å². The van der Waals surface area contributed by atoms with E-state index in [1.165, 1.54) is 6.07 Å². The summed E-state index contributed by atoms with van der Waals surface area (Å²) < 4.78 is 58.2. The molecule has 2 fully saturated rings. The van der Waals surface area contributed by atoms with E-state index < -0.39 is 19.0 Å². The lowest BCUT2D eigenvalue weighted by Crippen LogP contribution is -2.39. The van der Waals surface area contributed by atoms with Gasteiger partial charge in [-0.2, -0.15) is 17.6 Å². The van der Waals surface area contributed by atoms with Gasteiger partial charge >= 0.3 is 13.2 Å². The van der Waals surface area contributed by atoms with E-state index in [9.17, 15) is 22.4 Å². The fraction of sp³-hybridized carbons (Fsp3) is 0.588. The van der Waals surface area contributed by atoms with Crippen molar-refractivity contribution >= 4 is 24.0 Å². The van der Waals surface area contributed by atoms with Crippen molar-refractivity contribution in [1.29, 1.82) is 0 Å². The van der Waals surface area contributed by atoms with Crippen LogP contribution < -0.4 is 20.1 Å². The Morgan fingerprint density at radius 1 is 1.11 bits per heavy atom. The Bertz CT molecular complexity index is 639. The summed E-state index contributed by atoms with van der Waals surface area (Å²) in [5.41, 5.74) is -0.00572. The molecule has 1 amide bonds. The number of hydrogen-bond acceptors (Lipinski definition) is 4. The highest BCUT2D eigenvalue weighted by atomic mass is 35.5. The van der Waals surface area contributed by atoms with Crippen molar-refractivity contribution in [2.24, 2.45) is 5.92 Å². The predicted octanol–water partition coefficient (Wildman–Crippen LogP) is 4.17. The third-order valence-electron chi connectivity index (χ3n) is 4.71. The first kappa shape index (κ1) is 21.6. The molecule has 0 spiro atoms. The molecule has 0 saturated carbocycles. The molecule has 2 unspecified atom stereocenters. The van der Waals surface area contributed by atoms with E-state index >= 15 is 0 Å². The molecule has 27 heavy (non-hydrogen) atoms. The lowest BCUT2D eigenvalue weighted by atomic mass is 9.89. The monoisotopic (exact) mass is 412 g/mol. The molecule has 2 aliphatic heterocycles. The molecule has 2 atom stereocenters. The van der Waals surface area contributed by atoms with Crippen LogP contribution in [0.25, 0.3) is 0 Å². The number of fused-ring (bicyclic) bond motifs is 2. The zero-order valence-corrected chi connectivity index (χ0v) is 15.1. The topological polar surface area (TPSA) is 59.6 Å². The first-order chi connectivity index (χ1) is 12.4. The van der Waals surface area contributed by atoms with Gasteiger partial charge in [0, 0.05) is 24.6 Å². The van der Waals surface area contributed by atoms with Crippen molar-refractivity contribution in [1.82, 2.24) is 5.32 Å². The number of nitrogens with one attached hydrogen (secondary N) is 2. The second-order valence-corrected chi connectivity index (χ2v) is 6.64. The first-order valence-corrected chi connectivity index (χ1v) is 8.48. The maximum atomic E-state index is 12.6. The lowest BCUT2D eigenvalue weighted by molar-refractivity contribution is -0.117. The van der Waals surface area contributed by atoms with Crippen molar-refractivity contribution in [2.45, 2.75) is 57.4 Å². The van der Waals surface area contributed by atoms with Crippen LogP contribution >= 0.6 is 12.4 Å². The average molecular weight is 413 g/mol. The predicted molar refractivity (Wildman–Crippen MR) is 92.9 cm³/mol. The summed E-state index contributed by atoms with van der Waals surface area (Å²) in [6, 6.07) is 4.15. The maximum Gasteiger partial charge on any atom is 0.387 e. The third kappa shape index (κ3) is 6.14. The van der Waals surface area contributed by atoms with Crippen molar-refractivity contribution in [2.75, 3.05) is 5.32 Å².